The molecule has 4 rings (SSSR count). The molecule has 3 aromatic rings. The molecular formula is C23H25NO5S. The van der Waals surface area contributed by atoms with Gasteiger partial charge in [-0.05, 0) is 50.1 Å². The molecule has 158 valence electrons. The summed E-state index contributed by atoms with van der Waals surface area (Å²) in [5.74, 6) is 0.738. The minimum absolute atomic E-state index is 0.0267. The Balaban J connectivity index is 1.73. The van der Waals surface area contributed by atoms with E-state index in [9.17, 15) is 13.2 Å². The van der Waals surface area contributed by atoms with Gasteiger partial charge in [0.05, 0.1) is 18.6 Å². The highest BCUT2D eigenvalue weighted by atomic mass is 32.2. The smallest absolute Gasteiger partial charge is 0.290 e. The van der Waals surface area contributed by atoms with Gasteiger partial charge in [-0.1, -0.05) is 23.8 Å². The summed E-state index contributed by atoms with van der Waals surface area (Å²) in [5.41, 5.74) is 3.38. The molecule has 1 saturated heterocycles. The highest BCUT2D eigenvalue weighted by molar-refractivity contribution is 7.91. The fraction of sp³-hybridized carbons (Fsp3) is 0.348. The maximum Gasteiger partial charge on any atom is 0.290 e. The predicted molar refractivity (Wildman–Crippen MR) is 116 cm³/mol. The highest BCUT2D eigenvalue weighted by Crippen LogP contribution is 2.30. The molecule has 0 radical (unpaired) electrons. The molecule has 7 heteroatoms. The Labute approximate surface area is 176 Å². The fourth-order valence-electron chi connectivity index (χ4n) is 4.02. The van der Waals surface area contributed by atoms with Crippen LogP contribution < -0.4 is 4.74 Å². The van der Waals surface area contributed by atoms with Crippen LogP contribution in [0, 0.1) is 13.8 Å². The van der Waals surface area contributed by atoms with E-state index in [2.05, 4.69) is 0 Å². The molecule has 2 aromatic carbocycles. The number of aryl methyl sites for hydroxylation is 2. The molecule has 6 nitrogen and oxygen atoms in total. The zero-order valence-corrected chi connectivity index (χ0v) is 18.2. The number of amides is 1. The standard InChI is InChI=1S/C23H25NO5S/c1-15-7-8-21-20(11-15)16(2)22(29-21)23(25)24(18-9-10-30(26,27)14-18)13-17-5-4-6-19(12-17)28-3/h4-8,11-12,18H,9-10,13-14H2,1-3H3/t18-/m0/s1. The van der Waals surface area contributed by atoms with Crippen molar-refractivity contribution in [2.75, 3.05) is 18.6 Å². The largest absolute Gasteiger partial charge is 0.497 e. The predicted octanol–water partition coefficient (Wildman–Crippen LogP) is 3.89. The summed E-state index contributed by atoms with van der Waals surface area (Å²) in [4.78, 5) is 15.2. The van der Waals surface area contributed by atoms with Gasteiger partial charge in [0.15, 0.2) is 15.6 Å². The van der Waals surface area contributed by atoms with Crippen LogP contribution in [-0.4, -0.2) is 43.9 Å². The number of methoxy groups -OCH3 is 1. The van der Waals surface area contributed by atoms with Crippen LogP contribution in [0.15, 0.2) is 46.9 Å². The van der Waals surface area contributed by atoms with Crippen LogP contribution in [0.3, 0.4) is 0 Å². The van der Waals surface area contributed by atoms with E-state index in [4.69, 9.17) is 9.15 Å². The zero-order chi connectivity index (χ0) is 21.5. The van der Waals surface area contributed by atoms with Crippen LogP contribution >= 0.6 is 0 Å². The second-order valence-electron chi connectivity index (χ2n) is 7.90. The molecule has 1 atom stereocenters. The number of nitrogens with zero attached hydrogens (tertiary/aromatic N) is 1. The molecule has 0 saturated carbocycles. The first-order valence-corrected chi connectivity index (χ1v) is 11.7. The van der Waals surface area contributed by atoms with Crippen LogP contribution in [0.5, 0.6) is 5.75 Å². The summed E-state index contributed by atoms with van der Waals surface area (Å²) in [6, 6.07) is 12.9. The lowest BCUT2D eigenvalue weighted by molar-refractivity contribution is 0.0649. The molecule has 0 spiro atoms. The number of benzene rings is 2. The zero-order valence-electron chi connectivity index (χ0n) is 17.3. The van der Waals surface area contributed by atoms with Gasteiger partial charge in [0.1, 0.15) is 11.3 Å². The quantitative estimate of drug-likeness (QED) is 0.617. The van der Waals surface area contributed by atoms with Crippen molar-refractivity contribution in [3.8, 4) is 5.75 Å². The first-order chi connectivity index (χ1) is 14.3. The van der Waals surface area contributed by atoms with Gasteiger partial charge in [0.2, 0.25) is 0 Å². The van der Waals surface area contributed by atoms with Gasteiger partial charge >= 0.3 is 0 Å². The maximum atomic E-state index is 13.6. The summed E-state index contributed by atoms with van der Waals surface area (Å²) in [7, 11) is -1.56. The fourth-order valence-corrected chi connectivity index (χ4v) is 5.76. The SMILES string of the molecule is COc1cccc(CN(C(=O)c2oc3ccc(C)cc3c2C)[C@H]2CCS(=O)(=O)C2)c1. The Morgan fingerprint density at radius 3 is 2.70 bits per heavy atom. The van der Waals surface area contributed by atoms with Gasteiger partial charge in [-0.15, -0.1) is 0 Å². The number of furan rings is 1. The molecule has 0 N–H and O–H groups in total. The number of hydrogen-bond acceptors (Lipinski definition) is 5. The average molecular weight is 428 g/mol. The third-order valence-corrected chi connectivity index (χ3v) is 7.43. The van der Waals surface area contributed by atoms with Crippen molar-refractivity contribution in [3.05, 3.63) is 64.9 Å². The third kappa shape index (κ3) is 3.94. The van der Waals surface area contributed by atoms with Crippen LogP contribution in [0.25, 0.3) is 11.0 Å². The van der Waals surface area contributed by atoms with Gasteiger partial charge in [0.25, 0.3) is 5.91 Å². The van der Waals surface area contributed by atoms with E-state index in [1.807, 2.05) is 56.3 Å². The van der Waals surface area contributed by atoms with Crippen molar-refractivity contribution in [3.63, 3.8) is 0 Å². The summed E-state index contributed by atoms with van der Waals surface area (Å²) in [6.07, 6.45) is 0.427. The molecule has 2 heterocycles. The number of hydrogen-bond donors (Lipinski definition) is 0. The van der Waals surface area contributed by atoms with Crippen molar-refractivity contribution in [1.29, 1.82) is 0 Å². The minimum atomic E-state index is -3.15. The van der Waals surface area contributed by atoms with E-state index in [-0.39, 0.29) is 35.8 Å². The molecule has 0 aliphatic carbocycles. The van der Waals surface area contributed by atoms with Crippen LogP contribution in [0.2, 0.25) is 0 Å². The van der Waals surface area contributed by atoms with E-state index >= 15 is 0 Å². The molecule has 30 heavy (non-hydrogen) atoms. The van der Waals surface area contributed by atoms with Gasteiger partial charge in [-0.25, -0.2) is 8.42 Å². The Hall–Kier alpha value is -2.80. The van der Waals surface area contributed by atoms with Crippen LogP contribution in [0.4, 0.5) is 0 Å². The lowest BCUT2D eigenvalue weighted by Crippen LogP contribution is -2.40. The summed E-state index contributed by atoms with van der Waals surface area (Å²) < 4.78 is 35.5. The van der Waals surface area contributed by atoms with Gasteiger partial charge in [0, 0.05) is 23.5 Å². The van der Waals surface area contributed by atoms with Gasteiger partial charge in [-0.3, -0.25) is 4.79 Å². The molecule has 1 amide bonds. The Morgan fingerprint density at radius 1 is 1.20 bits per heavy atom. The number of carbonyl (C=O) groups excluding carboxylic acids is 1. The van der Waals surface area contributed by atoms with E-state index in [0.717, 1.165) is 22.1 Å². The average Bonchev–Trinajstić information content (AvgIpc) is 3.25. The second kappa shape index (κ2) is 7.80. The lowest BCUT2D eigenvalue weighted by Gasteiger charge is -2.28. The Kier molecular flexibility index (Phi) is 5.32. The second-order valence-corrected chi connectivity index (χ2v) is 10.1. The van der Waals surface area contributed by atoms with Crippen molar-refractivity contribution in [2.24, 2.45) is 0 Å². The summed E-state index contributed by atoms with van der Waals surface area (Å²) in [6.45, 7) is 4.14. The summed E-state index contributed by atoms with van der Waals surface area (Å²) >= 11 is 0. The molecule has 0 unspecified atom stereocenters. The monoisotopic (exact) mass is 427 g/mol. The van der Waals surface area contributed by atoms with Gasteiger partial charge < -0.3 is 14.1 Å². The molecule has 1 aromatic heterocycles. The normalized spacial score (nSPS) is 17.9. The van der Waals surface area contributed by atoms with E-state index in [1.54, 1.807) is 12.0 Å². The number of sulfone groups is 1. The van der Waals surface area contributed by atoms with Crippen molar-refractivity contribution in [2.45, 2.75) is 32.9 Å². The Bertz CT molecular complexity index is 1210. The first kappa shape index (κ1) is 20.5. The van der Waals surface area contributed by atoms with Gasteiger partial charge in [-0.2, -0.15) is 0 Å². The molecule has 0 bridgehead atoms. The number of rotatable bonds is 5. The van der Waals surface area contributed by atoms with Crippen LogP contribution in [0.1, 0.15) is 33.7 Å². The topological polar surface area (TPSA) is 76.8 Å². The van der Waals surface area contributed by atoms with Crippen molar-refractivity contribution >= 4 is 26.7 Å². The summed E-state index contributed by atoms with van der Waals surface area (Å²) in [5, 5.41) is 0.902. The number of fused-ring (bicyclic) bond motifs is 1. The number of carbonyl (C=O) groups is 1. The van der Waals surface area contributed by atoms with E-state index in [0.29, 0.717) is 17.8 Å². The molecular weight excluding hydrogens is 402 g/mol. The minimum Gasteiger partial charge on any atom is -0.497 e. The maximum absolute atomic E-state index is 13.6. The van der Waals surface area contributed by atoms with E-state index in [1.165, 1.54) is 0 Å². The number of ether oxygens (including phenoxy) is 1. The molecule has 1 aliphatic rings. The highest BCUT2D eigenvalue weighted by Gasteiger charge is 2.36. The van der Waals surface area contributed by atoms with Crippen molar-refractivity contribution in [1.82, 2.24) is 4.90 Å². The first-order valence-electron chi connectivity index (χ1n) is 9.91. The molecule has 1 fully saturated rings. The molecule has 1 aliphatic heterocycles. The van der Waals surface area contributed by atoms with Crippen molar-refractivity contribution < 1.29 is 22.4 Å². The third-order valence-electron chi connectivity index (χ3n) is 5.68. The Morgan fingerprint density at radius 2 is 2.00 bits per heavy atom. The van der Waals surface area contributed by atoms with E-state index < -0.39 is 9.84 Å². The van der Waals surface area contributed by atoms with Crippen LogP contribution in [-0.2, 0) is 16.4 Å². The lowest BCUT2D eigenvalue weighted by atomic mass is 10.1.